The summed E-state index contributed by atoms with van der Waals surface area (Å²) in [6.45, 7) is 0. The number of aryl methyl sites for hydroxylation is 1. The van der Waals surface area contributed by atoms with Crippen LogP contribution in [0.4, 0.5) is 0 Å². The monoisotopic (exact) mass is 292 g/mol. The summed E-state index contributed by atoms with van der Waals surface area (Å²) in [7, 11) is -1.45. The van der Waals surface area contributed by atoms with Crippen molar-refractivity contribution < 1.29 is 13.2 Å². The summed E-state index contributed by atoms with van der Waals surface area (Å²) < 4.78 is 27.7. The Morgan fingerprint density at radius 1 is 1.20 bits per heavy atom. The second-order valence-electron chi connectivity index (χ2n) is 4.48. The third-order valence-corrected chi connectivity index (χ3v) is 3.69. The maximum Gasteiger partial charge on any atom is 0.147 e. The van der Waals surface area contributed by atoms with Crippen LogP contribution in [0.1, 0.15) is 5.69 Å². The molecular formula is C14H16N2O3S. The first-order valence-corrected chi connectivity index (χ1v) is 8.18. The van der Waals surface area contributed by atoms with Gasteiger partial charge >= 0.3 is 0 Å². The minimum absolute atomic E-state index is 0.0643. The average Bonchev–Trinajstić information content (AvgIpc) is 2.45. The van der Waals surface area contributed by atoms with Crippen LogP contribution in [0.25, 0.3) is 11.4 Å². The van der Waals surface area contributed by atoms with Crippen molar-refractivity contribution in [2.75, 3.05) is 19.1 Å². The Bertz CT molecular complexity index is 685. The van der Waals surface area contributed by atoms with Crippen molar-refractivity contribution in [2.45, 2.75) is 6.42 Å². The maximum absolute atomic E-state index is 11.2. The van der Waals surface area contributed by atoms with Gasteiger partial charge in [0.15, 0.2) is 0 Å². The highest BCUT2D eigenvalue weighted by molar-refractivity contribution is 7.90. The van der Waals surface area contributed by atoms with Crippen LogP contribution in [0, 0.1) is 0 Å². The molecule has 20 heavy (non-hydrogen) atoms. The van der Waals surface area contributed by atoms with Gasteiger partial charge < -0.3 is 4.74 Å². The average molecular weight is 292 g/mol. The fraction of sp³-hybridized carbons (Fsp3) is 0.286. The molecule has 106 valence electrons. The van der Waals surface area contributed by atoms with Gasteiger partial charge in [-0.05, 0) is 12.1 Å². The Morgan fingerprint density at radius 2 is 2.00 bits per heavy atom. The zero-order chi connectivity index (χ0) is 14.6. The van der Waals surface area contributed by atoms with E-state index in [1.54, 1.807) is 25.4 Å². The highest BCUT2D eigenvalue weighted by Gasteiger charge is 2.09. The van der Waals surface area contributed by atoms with Crippen molar-refractivity contribution in [3.8, 4) is 17.1 Å². The Kier molecular flexibility index (Phi) is 4.34. The third kappa shape index (κ3) is 4.03. The Hall–Kier alpha value is -1.95. The number of aromatic nitrogens is 2. The highest BCUT2D eigenvalue weighted by Crippen LogP contribution is 2.21. The molecule has 0 spiro atoms. The van der Waals surface area contributed by atoms with Crippen LogP contribution in [-0.2, 0) is 16.3 Å². The van der Waals surface area contributed by atoms with Crippen molar-refractivity contribution in [2.24, 2.45) is 0 Å². The molecular weight excluding hydrogens is 276 g/mol. The van der Waals surface area contributed by atoms with Crippen LogP contribution in [0.15, 0.2) is 36.5 Å². The first-order valence-electron chi connectivity index (χ1n) is 6.12. The minimum atomic E-state index is -3.02. The molecule has 2 aromatic heterocycles. The lowest BCUT2D eigenvalue weighted by Crippen LogP contribution is -2.07. The van der Waals surface area contributed by atoms with E-state index >= 15 is 0 Å². The quantitative estimate of drug-likeness (QED) is 0.839. The molecule has 5 nitrogen and oxygen atoms in total. The number of pyridine rings is 2. The van der Waals surface area contributed by atoms with E-state index in [4.69, 9.17) is 4.74 Å². The van der Waals surface area contributed by atoms with Crippen LogP contribution in [0.3, 0.4) is 0 Å². The molecule has 0 amide bonds. The van der Waals surface area contributed by atoms with E-state index in [2.05, 4.69) is 9.97 Å². The molecule has 2 aromatic rings. The molecule has 2 heterocycles. The summed E-state index contributed by atoms with van der Waals surface area (Å²) >= 11 is 0. The standard InChI is InChI=1S/C14H16N2O3S/c1-19-12-9-11(6-8-20(2,17)18)16-14(10-12)13-5-3-4-7-15-13/h3-5,7,9-10H,6,8H2,1-2H3. The van der Waals surface area contributed by atoms with E-state index in [1.165, 1.54) is 6.26 Å². The number of methoxy groups -OCH3 is 1. The largest absolute Gasteiger partial charge is 0.497 e. The van der Waals surface area contributed by atoms with Gasteiger partial charge in [0.1, 0.15) is 15.6 Å². The fourth-order valence-corrected chi connectivity index (χ4v) is 2.32. The molecule has 0 unspecified atom stereocenters. The molecule has 0 fully saturated rings. The topological polar surface area (TPSA) is 69.2 Å². The molecule has 6 heteroatoms. The summed E-state index contributed by atoms with van der Waals surface area (Å²) in [5.74, 6) is 0.707. The number of rotatable bonds is 5. The minimum Gasteiger partial charge on any atom is -0.497 e. The van der Waals surface area contributed by atoms with Crippen molar-refractivity contribution in [3.05, 3.63) is 42.2 Å². The summed E-state index contributed by atoms with van der Waals surface area (Å²) in [6.07, 6.45) is 3.26. The van der Waals surface area contributed by atoms with Crippen molar-refractivity contribution in [1.82, 2.24) is 9.97 Å². The lowest BCUT2D eigenvalue weighted by Gasteiger charge is -2.07. The molecule has 0 aromatic carbocycles. The molecule has 0 N–H and O–H groups in total. The number of nitrogens with zero attached hydrogens (tertiary/aromatic N) is 2. The second-order valence-corrected chi connectivity index (χ2v) is 6.74. The highest BCUT2D eigenvalue weighted by atomic mass is 32.2. The molecule has 2 rings (SSSR count). The first kappa shape index (κ1) is 14.5. The van der Waals surface area contributed by atoms with Gasteiger partial charge in [-0.1, -0.05) is 6.07 Å². The maximum atomic E-state index is 11.2. The predicted molar refractivity (Wildman–Crippen MR) is 77.4 cm³/mol. The molecule has 0 atom stereocenters. The van der Waals surface area contributed by atoms with Crippen molar-refractivity contribution in [1.29, 1.82) is 0 Å². The number of ether oxygens (including phenoxy) is 1. The number of sulfone groups is 1. The normalized spacial score (nSPS) is 11.3. The van der Waals surface area contributed by atoms with Crippen LogP contribution < -0.4 is 4.74 Å². The summed E-state index contributed by atoms with van der Waals surface area (Å²) in [5, 5.41) is 0. The molecule has 0 radical (unpaired) electrons. The lowest BCUT2D eigenvalue weighted by molar-refractivity contribution is 0.414. The van der Waals surface area contributed by atoms with E-state index in [-0.39, 0.29) is 5.75 Å². The molecule has 0 aliphatic heterocycles. The third-order valence-electron chi connectivity index (χ3n) is 2.74. The van der Waals surface area contributed by atoms with E-state index in [1.807, 2.05) is 18.2 Å². The molecule has 0 saturated carbocycles. The van der Waals surface area contributed by atoms with Gasteiger partial charge in [0.25, 0.3) is 0 Å². The first-order chi connectivity index (χ1) is 9.48. The smallest absolute Gasteiger partial charge is 0.147 e. The van der Waals surface area contributed by atoms with E-state index in [9.17, 15) is 8.42 Å². The zero-order valence-corrected chi connectivity index (χ0v) is 12.2. The van der Waals surface area contributed by atoms with Crippen LogP contribution in [0.2, 0.25) is 0 Å². The van der Waals surface area contributed by atoms with Crippen molar-refractivity contribution in [3.63, 3.8) is 0 Å². The van der Waals surface area contributed by atoms with Crippen LogP contribution in [-0.4, -0.2) is 37.5 Å². The van der Waals surface area contributed by atoms with Gasteiger partial charge in [-0.15, -0.1) is 0 Å². The summed E-state index contributed by atoms with van der Waals surface area (Å²) in [5.41, 5.74) is 2.08. The van der Waals surface area contributed by atoms with Crippen LogP contribution in [0.5, 0.6) is 5.75 Å². The Balaban J connectivity index is 2.34. The predicted octanol–water partition coefficient (Wildman–Crippen LogP) is 1.74. The van der Waals surface area contributed by atoms with E-state index < -0.39 is 9.84 Å². The molecule has 0 aliphatic rings. The summed E-state index contributed by atoms with van der Waals surface area (Å²) in [4.78, 5) is 8.69. The van der Waals surface area contributed by atoms with Crippen LogP contribution >= 0.6 is 0 Å². The van der Waals surface area contributed by atoms with Gasteiger partial charge in [0.05, 0.1) is 24.3 Å². The van der Waals surface area contributed by atoms with E-state index in [0.29, 0.717) is 23.6 Å². The molecule has 0 saturated heterocycles. The van der Waals surface area contributed by atoms with Crippen molar-refractivity contribution >= 4 is 9.84 Å². The molecule has 0 aliphatic carbocycles. The van der Waals surface area contributed by atoms with Gasteiger partial charge in [0, 0.05) is 36.7 Å². The number of hydrogen-bond donors (Lipinski definition) is 0. The number of hydrogen-bond acceptors (Lipinski definition) is 5. The molecule has 0 bridgehead atoms. The van der Waals surface area contributed by atoms with Gasteiger partial charge in [0.2, 0.25) is 0 Å². The fourth-order valence-electron chi connectivity index (χ4n) is 1.74. The SMILES string of the molecule is COc1cc(CCS(C)(=O)=O)nc(-c2ccccn2)c1. The second kappa shape index (κ2) is 6.00. The lowest BCUT2D eigenvalue weighted by atomic mass is 10.2. The van der Waals surface area contributed by atoms with Gasteiger partial charge in [-0.3, -0.25) is 9.97 Å². The Labute approximate surface area is 118 Å². The van der Waals surface area contributed by atoms with Gasteiger partial charge in [-0.25, -0.2) is 8.42 Å². The summed E-state index contributed by atoms with van der Waals surface area (Å²) in [6, 6.07) is 9.08. The Morgan fingerprint density at radius 3 is 2.60 bits per heavy atom. The van der Waals surface area contributed by atoms with Gasteiger partial charge in [-0.2, -0.15) is 0 Å². The van der Waals surface area contributed by atoms with E-state index in [0.717, 1.165) is 5.69 Å². The zero-order valence-electron chi connectivity index (χ0n) is 11.4.